The largest absolute Gasteiger partial charge is 0.343 e. The van der Waals surface area contributed by atoms with Gasteiger partial charge in [-0.1, -0.05) is 12.1 Å². The second-order valence-corrected chi connectivity index (χ2v) is 5.92. The van der Waals surface area contributed by atoms with E-state index in [1.54, 1.807) is 6.92 Å². The van der Waals surface area contributed by atoms with E-state index in [0.717, 1.165) is 32.5 Å². The van der Waals surface area contributed by atoms with Gasteiger partial charge in [-0.2, -0.15) is 0 Å². The lowest BCUT2D eigenvalue weighted by Gasteiger charge is -2.31. The van der Waals surface area contributed by atoms with Gasteiger partial charge in [-0.15, -0.1) is 0 Å². The lowest BCUT2D eigenvalue weighted by Crippen LogP contribution is -2.43. The highest BCUT2D eigenvalue weighted by Crippen LogP contribution is 2.13. The molecule has 0 radical (unpaired) electrons. The minimum atomic E-state index is 0.194. The quantitative estimate of drug-likeness (QED) is 0.942. The first kappa shape index (κ1) is 14.9. The second kappa shape index (κ2) is 6.79. The first-order chi connectivity index (χ1) is 10.7. The summed E-state index contributed by atoms with van der Waals surface area (Å²) in [5, 5.41) is 3.61. The summed E-state index contributed by atoms with van der Waals surface area (Å²) < 4.78 is 2.11. The maximum Gasteiger partial charge on any atom is 0.219 e. The van der Waals surface area contributed by atoms with Gasteiger partial charge in [0.1, 0.15) is 0 Å². The fourth-order valence-electron chi connectivity index (χ4n) is 2.95. The molecule has 1 fully saturated rings. The topological polar surface area (TPSA) is 37.3 Å². The molecule has 0 atom stereocenters. The molecule has 1 aromatic heterocycles. The molecule has 4 heteroatoms. The van der Waals surface area contributed by atoms with E-state index in [1.165, 1.54) is 11.3 Å². The minimum Gasteiger partial charge on any atom is -0.343 e. The van der Waals surface area contributed by atoms with Crippen molar-refractivity contribution in [3.05, 3.63) is 54.4 Å². The smallest absolute Gasteiger partial charge is 0.219 e. The van der Waals surface area contributed by atoms with E-state index in [2.05, 4.69) is 46.5 Å². The number of likely N-dealkylation sites (tertiary alicyclic amines) is 1. The Hall–Kier alpha value is -2.07. The molecule has 1 aliphatic heterocycles. The Kier molecular flexibility index (Phi) is 4.59. The Balaban J connectivity index is 1.49. The van der Waals surface area contributed by atoms with Crippen LogP contribution >= 0.6 is 0 Å². The zero-order valence-corrected chi connectivity index (χ0v) is 13.0. The molecule has 0 spiro atoms. The van der Waals surface area contributed by atoms with Gasteiger partial charge in [-0.05, 0) is 42.7 Å². The molecule has 22 heavy (non-hydrogen) atoms. The molecule has 1 saturated heterocycles. The van der Waals surface area contributed by atoms with Gasteiger partial charge in [-0.3, -0.25) is 4.79 Å². The van der Waals surface area contributed by atoms with Crippen molar-refractivity contribution in [1.29, 1.82) is 0 Å². The van der Waals surface area contributed by atoms with E-state index >= 15 is 0 Å². The van der Waals surface area contributed by atoms with Crippen LogP contribution in [0, 0.1) is 0 Å². The molecular weight excluding hydrogens is 274 g/mol. The first-order valence-electron chi connectivity index (χ1n) is 7.93. The molecule has 0 saturated carbocycles. The van der Waals surface area contributed by atoms with Gasteiger partial charge in [0.25, 0.3) is 0 Å². The lowest BCUT2D eigenvalue weighted by atomic mass is 10.0. The van der Waals surface area contributed by atoms with Crippen molar-refractivity contribution in [1.82, 2.24) is 14.8 Å². The number of carbonyl (C=O) groups excluding carboxylic acids is 1. The Bertz CT molecular complexity index is 596. The standard InChI is InChI=1S/C18H23N3O/c1-15(22)20-12-8-17(9-13-20)19-14-16-4-6-18(7-5-16)21-10-2-3-11-21/h2-7,10-11,17,19H,8-9,12-14H2,1H3. The predicted molar refractivity (Wildman–Crippen MR) is 87.9 cm³/mol. The summed E-state index contributed by atoms with van der Waals surface area (Å²) in [5.41, 5.74) is 2.48. The van der Waals surface area contributed by atoms with Crippen LogP contribution in [-0.2, 0) is 11.3 Å². The van der Waals surface area contributed by atoms with Crippen LogP contribution < -0.4 is 5.32 Å². The summed E-state index contributed by atoms with van der Waals surface area (Å²) in [5.74, 6) is 0.194. The fourth-order valence-corrected chi connectivity index (χ4v) is 2.95. The minimum absolute atomic E-state index is 0.194. The number of piperidine rings is 1. The summed E-state index contributed by atoms with van der Waals surface area (Å²) in [6.07, 6.45) is 6.19. The molecule has 2 heterocycles. The second-order valence-electron chi connectivity index (χ2n) is 5.92. The fraction of sp³-hybridized carbons (Fsp3) is 0.389. The van der Waals surface area contributed by atoms with Crippen molar-refractivity contribution < 1.29 is 4.79 Å². The number of amides is 1. The van der Waals surface area contributed by atoms with Crippen LogP contribution in [0.3, 0.4) is 0 Å². The molecule has 1 N–H and O–H groups in total. The lowest BCUT2D eigenvalue weighted by molar-refractivity contribution is -0.129. The van der Waals surface area contributed by atoms with Gasteiger partial charge < -0.3 is 14.8 Å². The molecule has 0 bridgehead atoms. The van der Waals surface area contributed by atoms with E-state index in [-0.39, 0.29) is 5.91 Å². The van der Waals surface area contributed by atoms with Gasteiger partial charge in [0.2, 0.25) is 5.91 Å². The Morgan fingerprint density at radius 1 is 1.14 bits per heavy atom. The van der Waals surface area contributed by atoms with Gasteiger partial charge >= 0.3 is 0 Å². The molecule has 0 aliphatic carbocycles. The van der Waals surface area contributed by atoms with Crippen LogP contribution in [0.1, 0.15) is 25.3 Å². The Labute approximate surface area is 131 Å². The summed E-state index contributed by atoms with van der Waals surface area (Å²) in [6, 6.07) is 13.2. The maximum atomic E-state index is 11.3. The monoisotopic (exact) mass is 297 g/mol. The van der Waals surface area contributed by atoms with Crippen molar-refractivity contribution in [3.63, 3.8) is 0 Å². The highest BCUT2D eigenvalue weighted by molar-refractivity contribution is 5.73. The first-order valence-corrected chi connectivity index (χ1v) is 7.93. The zero-order valence-electron chi connectivity index (χ0n) is 13.0. The zero-order chi connectivity index (χ0) is 15.4. The molecule has 4 nitrogen and oxygen atoms in total. The van der Waals surface area contributed by atoms with Gasteiger partial charge in [0, 0.05) is 50.7 Å². The number of carbonyl (C=O) groups is 1. The third kappa shape index (κ3) is 3.57. The van der Waals surface area contributed by atoms with Crippen molar-refractivity contribution >= 4 is 5.91 Å². The van der Waals surface area contributed by atoms with Crippen LogP contribution in [0.5, 0.6) is 0 Å². The van der Waals surface area contributed by atoms with E-state index < -0.39 is 0 Å². The molecule has 2 aromatic rings. The predicted octanol–water partition coefficient (Wildman–Crippen LogP) is 2.58. The molecule has 1 aromatic carbocycles. The number of benzene rings is 1. The molecular formula is C18H23N3O. The van der Waals surface area contributed by atoms with Gasteiger partial charge in [0.05, 0.1) is 0 Å². The molecule has 116 valence electrons. The van der Waals surface area contributed by atoms with Crippen LogP contribution in [0.15, 0.2) is 48.8 Å². The Morgan fingerprint density at radius 2 is 1.77 bits per heavy atom. The molecule has 1 aliphatic rings. The number of rotatable bonds is 4. The molecule has 0 unspecified atom stereocenters. The third-order valence-corrected chi connectivity index (χ3v) is 4.37. The van der Waals surface area contributed by atoms with Gasteiger partial charge in [0.15, 0.2) is 0 Å². The van der Waals surface area contributed by atoms with Crippen molar-refractivity contribution in [2.75, 3.05) is 13.1 Å². The summed E-state index contributed by atoms with van der Waals surface area (Å²) in [6.45, 7) is 4.29. The summed E-state index contributed by atoms with van der Waals surface area (Å²) >= 11 is 0. The van der Waals surface area contributed by atoms with E-state index in [1.807, 2.05) is 17.0 Å². The Morgan fingerprint density at radius 3 is 2.36 bits per heavy atom. The van der Waals surface area contributed by atoms with Crippen LogP contribution in [-0.4, -0.2) is 34.5 Å². The average molecular weight is 297 g/mol. The number of nitrogens with zero attached hydrogens (tertiary/aromatic N) is 2. The number of hydrogen-bond acceptors (Lipinski definition) is 2. The number of hydrogen-bond donors (Lipinski definition) is 1. The van der Waals surface area contributed by atoms with Crippen LogP contribution in [0.2, 0.25) is 0 Å². The van der Waals surface area contributed by atoms with Crippen LogP contribution in [0.25, 0.3) is 5.69 Å². The van der Waals surface area contributed by atoms with E-state index in [0.29, 0.717) is 6.04 Å². The number of aromatic nitrogens is 1. The van der Waals surface area contributed by atoms with Crippen molar-refractivity contribution in [2.45, 2.75) is 32.4 Å². The average Bonchev–Trinajstić information content (AvgIpc) is 3.08. The third-order valence-electron chi connectivity index (χ3n) is 4.37. The number of nitrogens with one attached hydrogen (secondary N) is 1. The van der Waals surface area contributed by atoms with Crippen LogP contribution in [0.4, 0.5) is 0 Å². The normalized spacial score (nSPS) is 16.0. The SMILES string of the molecule is CC(=O)N1CCC(NCc2ccc(-n3cccc3)cc2)CC1. The van der Waals surface area contributed by atoms with E-state index in [9.17, 15) is 4.79 Å². The van der Waals surface area contributed by atoms with Gasteiger partial charge in [-0.25, -0.2) is 0 Å². The maximum absolute atomic E-state index is 11.3. The van der Waals surface area contributed by atoms with Crippen molar-refractivity contribution in [2.24, 2.45) is 0 Å². The van der Waals surface area contributed by atoms with E-state index in [4.69, 9.17) is 0 Å². The summed E-state index contributed by atoms with van der Waals surface area (Å²) in [4.78, 5) is 13.3. The summed E-state index contributed by atoms with van der Waals surface area (Å²) in [7, 11) is 0. The van der Waals surface area contributed by atoms with Crippen molar-refractivity contribution in [3.8, 4) is 5.69 Å². The highest BCUT2D eigenvalue weighted by Gasteiger charge is 2.19. The molecule has 1 amide bonds. The molecule has 3 rings (SSSR count). The highest BCUT2D eigenvalue weighted by atomic mass is 16.2.